The van der Waals surface area contributed by atoms with Crippen molar-refractivity contribution in [3.05, 3.63) is 29.3 Å². The summed E-state index contributed by atoms with van der Waals surface area (Å²) >= 11 is 0. The molecule has 0 atom stereocenters. The van der Waals surface area contributed by atoms with Crippen LogP contribution < -0.4 is 16.6 Å². The lowest BCUT2D eigenvalue weighted by Gasteiger charge is -2.15. The molecule has 0 unspecified atom stereocenters. The molecular weight excluding hydrogens is 280 g/mol. The van der Waals surface area contributed by atoms with Crippen molar-refractivity contribution in [3.8, 4) is 0 Å². The number of carbonyl (C=O) groups excluding carboxylic acids is 1. The summed E-state index contributed by atoms with van der Waals surface area (Å²) in [6.45, 7) is 0. The Morgan fingerprint density at radius 3 is 1.68 bits per heavy atom. The van der Waals surface area contributed by atoms with Gasteiger partial charge >= 0.3 is 18.4 Å². The molecule has 0 saturated heterocycles. The molecule has 0 heterocycles. The van der Waals surface area contributed by atoms with Gasteiger partial charge in [0.05, 0.1) is 16.8 Å². The normalized spacial score (nSPS) is 12.1. The van der Waals surface area contributed by atoms with Gasteiger partial charge in [-0.15, -0.1) is 0 Å². The van der Waals surface area contributed by atoms with Crippen LogP contribution in [0.3, 0.4) is 0 Å². The summed E-state index contributed by atoms with van der Waals surface area (Å²) in [5.41, 5.74) is 4.55. The zero-order chi connectivity index (χ0) is 14.8. The van der Waals surface area contributed by atoms with Gasteiger partial charge in [0.2, 0.25) is 0 Å². The number of hydrogen-bond acceptors (Lipinski definition) is 2. The molecule has 1 rings (SSSR count). The molecular formula is C9H7F6N3O. The number of carbonyl (C=O) groups is 1. The standard InChI is InChI=1S/C9H7F6N3O/c10-8(11,12)4-1-5(9(13,14)15)3-6(2-4)17-18-7(16)19/h1-3,17H,(H3,16,18,19). The lowest BCUT2D eigenvalue weighted by molar-refractivity contribution is -0.143. The number of anilines is 1. The fourth-order valence-electron chi connectivity index (χ4n) is 1.16. The maximum atomic E-state index is 12.4. The van der Waals surface area contributed by atoms with E-state index in [4.69, 9.17) is 0 Å². The number of urea groups is 1. The SMILES string of the molecule is NC(=O)NNc1cc(C(F)(F)F)cc(C(F)(F)F)c1. The Bertz CT molecular complexity index is 450. The van der Waals surface area contributed by atoms with Crippen LogP contribution in [0, 0.1) is 0 Å². The number of primary amides is 1. The van der Waals surface area contributed by atoms with Crippen molar-refractivity contribution in [3.63, 3.8) is 0 Å². The van der Waals surface area contributed by atoms with Gasteiger partial charge < -0.3 is 5.73 Å². The predicted molar refractivity (Wildman–Crippen MR) is 52.8 cm³/mol. The smallest absolute Gasteiger partial charge is 0.350 e. The Morgan fingerprint density at radius 1 is 0.947 bits per heavy atom. The first-order chi connectivity index (χ1) is 8.50. The van der Waals surface area contributed by atoms with E-state index in [1.165, 1.54) is 0 Å². The number of hydrazine groups is 1. The average molecular weight is 287 g/mol. The van der Waals surface area contributed by atoms with Crippen LogP contribution in [0.25, 0.3) is 0 Å². The number of benzene rings is 1. The lowest BCUT2D eigenvalue weighted by atomic mass is 10.1. The third kappa shape index (κ3) is 4.23. The number of halogens is 6. The molecule has 0 aliphatic rings. The van der Waals surface area contributed by atoms with Gasteiger partial charge in [0.15, 0.2) is 0 Å². The number of amides is 2. The van der Waals surface area contributed by atoms with E-state index >= 15 is 0 Å². The van der Waals surface area contributed by atoms with Crippen molar-refractivity contribution < 1.29 is 31.1 Å². The summed E-state index contributed by atoms with van der Waals surface area (Å²) in [6, 6.07) is -0.378. The Balaban J connectivity index is 3.21. The molecule has 10 heteroatoms. The molecule has 0 bridgehead atoms. The molecule has 0 fully saturated rings. The first-order valence-corrected chi connectivity index (χ1v) is 4.61. The van der Waals surface area contributed by atoms with Gasteiger partial charge in [-0.25, -0.2) is 4.79 Å². The largest absolute Gasteiger partial charge is 0.416 e. The second kappa shape index (κ2) is 4.86. The molecule has 106 valence electrons. The molecule has 0 saturated carbocycles. The van der Waals surface area contributed by atoms with Crippen LogP contribution in [0.15, 0.2) is 18.2 Å². The summed E-state index contributed by atoms with van der Waals surface area (Å²) < 4.78 is 74.6. The second-order valence-electron chi connectivity index (χ2n) is 3.41. The summed E-state index contributed by atoms with van der Waals surface area (Å²) in [5, 5.41) is 0. The van der Waals surface area contributed by atoms with Gasteiger partial charge in [-0.2, -0.15) is 26.3 Å². The fraction of sp³-hybridized carbons (Fsp3) is 0.222. The maximum Gasteiger partial charge on any atom is 0.416 e. The average Bonchev–Trinajstić information content (AvgIpc) is 2.23. The molecule has 1 aromatic rings. The highest BCUT2D eigenvalue weighted by Gasteiger charge is 2.36. The summed E-state index contributed by atoms with van der Waals surface area (Å²) in [7, 11) is 0. The minimum absolute atomic E-state index is 0.0323. The van der Waals surface area contributed by atoms with Crippen molar-refractivity contribution in [2.45, 2.75) is 12.4 Å². The Labute approximate surface area is 102 Å². The lowest BCUT2D eigenvalue weighted by Crippen LogP contribution is -2.34. The van der Waals surface area contributed by atoms with E-state index in [0.717, 1.165) is 0 Å². The van der Waals surface area contributed by atoms with E-state index < -0.39 is 35.2 Å². The molecule has 2 amide bonds. The van der Waals surface area contributed by atoms with Gasteiger partial charge in [-0.3, -0.25) is 10.9 Å². The van der Waals surface area contributed by atoms with Crippen molar-refractivity contribution in [1.29, 1.82) is 0 Å². The third-order valence-corrected chi connectivity index (χ3v) is 1.92. The van der Waals surface area contributed by atoms with Gasteiger partial charge in [0, 0.05) is 0 Å². The molecule has 4 N–H and O–H groups in total. The highest BCUT2D eigenvalue weighted by molar-refractivity contribution is 5.73. The van der Waals surface area contributed by atoms with Crippen LogP contribution in [-0.4, -0.2) is 6.03 Å². The number of nitrogens with one attached hydrogen (secondary N) is 2. The molecule has 0 aliphatic carbocycles. The minimum Gasteiger partial charge on any atom is -0.350 e. The second-order valence-corrected chi connectivity index (χ2v) is 3.41. The van der Waals surface area contributed by atoms with Gasteiger partial charge in [-0.1, -0.05) is 0 Å². The Morgan fingerprint density at radius 2 is 1.37 bits per heavy atom. The van der Waals surface area contributed by atoms with Crippen LogP contribution >= 0.6 is 0 Å². The zero-order valence-corrected chi connectivity index (χ0v) is 8.99. The number of alkyl halides is 6. The minimum atomic E-state index is -4.95. The van der Waals surface area contributed by atoms with Crippen molar-refractivity contribution >= 4 is 11.7 Å². The number of hydrogen-bond donors (Lipinski definition) is 3. The summed E-state index contributed by atoms with van der Waals surface area (Å²) in [6.07, 6.45) is -9.91. The van der Waals surface area contributed by atoms with Gasteiger partial charge in [-0.05, 0) is 18.2 Å². The van der Waals surface area contributed by atoms with E-state index in [1.807, 2.05) is 5.43 Å². The van der Waals surface area contributed by atoms with Crippen LogP contribution in [0.2, 0.25) is 0 Å². The molecule has 0 aliphatic heterocycles. The highest BCUT2D eigenvalue weighted by atomic mass is 19.4. The van der Waals surface area contributed by atoms with E-state index in [2.05, 4.69) is 5.73 Å². The molecule has 0 aromatic heterocycles. The first kappa shape index (κ1) is 14.9. The van der Waals surface area contributed by atoms with Crippen LogP contribution in [0.5, 0.6) is 0 Å². The quantitative estimate of drug-likeness (QED) is 0.578. The van der Waals surface area contributed by atoms with Gasteiger partial charge in [0.1, 0.15) is 0 Å². The van der Waals surface area contributed by atoms with Crippen LogP contribution in [0.1, 0.15) is 11.1 Å². The van der Waals surface area contributed by atoms with Crippen molar-refractivity contribution in [1.82, 2.24) is 5.43 Å². The molecule has 4 nitrogen and oxygen atoms in total. The van der Waals surface area contributed by atoms with Crippen molar-refractivity contribution in [2.24, 2.45) is 5.73 Å². The highest BCUT2D eigenvalue weighted by Crippen LogP contribution is 2.37. The van der Waals surface area contributed by atoms with Crippen LogP contribution in [-0.2, 0) is 12.4 Å². The van der Waals surface area contributed by atoms with E-state index in [0.29, 0.717) is 12.1 Å². The fourth-order valence-corrected chi connectivity index (χ4v) is 1.16. The predicted octanol–water partition coefficient (Wildman–Crippen LogP) is 2.72. The Kier molecular flexibility index (Phi) is 3.82. The Hall–Kier alpha value is -2.13. The van der Waals surface area contributed by atoms with Crippen molar-refractivity contribution in [2.75, 3.05) is 5.43 Å². The van der Waals surface area contributed by atoms with E-state index in [1.54, 1.807) is 5.43 Å². The first-order valence-electron chi connectivity index (χ1n) is 4.61. The summed E-state index contributed by atoms with van der Waals surface area (Å²) in [5.74, 6) is 0. The molecule has 19 heavy (non-hydrogen) atoms. The van der Waals surface area contributed by atoms with E-state index in [-0.39, 0.29) is 6.07 Å². The monoisotopic (exact) mass is 287 g/mol. The topological polar surface area (TPSA) is 67.2 Å². The zero-order valence-electron chi connectivity index (χ0n) is 8.99. The molecule has 0 radical (unpaired) electrons. The van der Waals surface area contributed by atoms with Gasteiger partial charge in [0.25, 0.3) is 0 Å². The number of nitrogens with two attached hydrogens (primary N) is 1. The van der Waals surface area contributed by atoms with E-state index in [9.17, 15) is 31.1 Å². The maximum absolute atomic E-state index is 12.4. The van der Waals surface area contributed by atoms with Crippen LogP contribution in [0.4, 0.5) is 36.8 Å². The molecule has 0 spiro atoms. The molecule has 1 aromatic carbocycles. The third-order valence-electron chi connectivity index (χ3n) is 1.92. The summed E-state index contributed by atoms with van der Waals surface area (Å²) in [4.78, 5) is 10.3. The number of rotatable bonds is 2.